The average Bonchev–Trinajstić information content (AvgIpc) is 2.19. The highest BCUT2D eigenvalue weighted by Crippen LogP contribution is 2.17. The van der Waals surface area contributed by atoms with Crippen LogP contribution in [0.1, 0.15) is 10.4 Å². The number of nitrogens with zero attached hydrogens (tertiary/aromatic N) is 2. The van der Waals surface area contributed by atoms with Gasteiger partial charge in [0, 0.05) is 17.7 Å². The molecule has 1 aromatic rings. The van der Waals surface area contributed by atoms with E-state index in [1.165, 1.54) is 19.3 Å². The number of anilines is 1. The standard InChI is InChI=1S/C9H10BrF2N3O/c1-15(4-7(11)12)9(16)6-2-5(10)3-14-8(6)13/h2-3,7H,4H2,1H3,(H2,13,14). The summed E-state index contributed by atoms with van der Waals surface area (Å²) in [5, 5.41) is 0. The summed E-state index contributed by atoms with van der Waals surface area (Å²) in [5.74, 6) is -0.555. The first-order valence-electron chi connectivity index (χ1n) is 4.36. The number of nitrogens with two attached hydrogens (primary N) is 1. The Labute approximate surface area is 99.6 Å². The molecule has 0 atom stereocenters. The van der Waals surface area contributed by atoms with Gasteiger partial charge in [-0.15, -0.1) is 0 Å². The summed E-state index contributed by atoms with van der Waals surface area (Å²) in [7, 11) is 1.29. The Balaban J connectivity index is 2.91. The maximum Gasteiger partial charge on any atom is 0.257 e. The second-order valence-corrected chi connectivity index (χ2v) is 4.08. The molecule has 0 spiro atoms. The number of aromatic nitrogens is 1. The van der Waals surface area contributed by atoms with Gasteiger partial charge in [-0.1, -0.05) is 0 Å². The Kier molecular flexibility index (Phi) is 4.17. The minimum Gasteiger partial charge on any atom is -0.383 e. The number of rotatable bonds is 3. The van der Waals surface area contributed by atoms with Crippen LogP contribution >= 0.6 is 15.9 Å². The molecule has 16 heavy (non-hydrogen) atoms. The Morgan fingerprint density at radius 3 is 2.88 bits per heavy atom. The van der Waals surface area contributed by atoms with Crippen molar-refractivity contribution < 1.29 is 13.6 Å². The van der Waals surface area contributed by atoms with Crippen molar-refractivity contribution in [3.63, 3.8) is 0 Å². The van der Waals surface area contributed by atoms with Crippen molar-refractivity contribution in [2.75, 3.05) is 19.3 Å². The third-order valence-corrected chi connectivity index (χ3v) is 2.31. The van der Waals surface area contributed by atoms with Gasteiger partial charge in [-0.05, 0) is 22.0 Å². The summed E-state index contributed by atoms with van der Waals surface area (Å²) in [5.41, 5.74) is 5.60. The predicted molar refractivity (Wildman–Crippen MR) is 59.3 cm³/mol. The van der Waals surface area contributed by atoms with Gasteiger partial charge in [-0.3, -0.25) is 4.79 Å². The van der Waals surface area contributed by atoms with E-state index in [1.807, 2.05) is 0 Å². The van der Waals surface area contributed by atoms with Crippen molar-refractivity contribution in [2.24, 2.45) is 0 Å². The van der Waals surface area contributed by atoms with Crippen LogP contribution in [-0.2, 0) is 0 Å². The lowest BCUT2D eigenvalue weighted by molar-refractivity contribution is 0.0621. The molecule has 0 unspecified atom stereocenters. The molecule has 0 aromatic carbocycles. The zero-order valence-corrected chi connectivity index (χ0v) is 10.0. The molecule has 0 aliphatic rings. The summed E-state index contributed by atoms with van der Waals surface area (Å²) in [4.78, 5) is 16.4. The Hall–Kier alpha value is -1.24. The van der Waals surface area contributed by atoms with Gasteiger partial charge in [-0.2, -0.15) is 0 Å². The Morgan fingerprint density at radius 1 is 1.69 bits per heavy atom. The van der Waals surface area contributed by atoms with Crippen molar-refractivity contribution in [3.05, 3.63) is 22.3 Å². The summed E-state index contributed by atoms with van der Waals surface area (Å²) in [6.45, 7) is -0.634. The predicted octanol–water partition coefficient (Wildman–Crippen LogP) is 1.76. The van der Waals surface area contributed by atoms with Crippen LogP contribution in [0.5, 0.6) is 0 Å². The number of halogens is 3. The third kappa shape index (κ3) is 3.13. The highest BCUT2D eigenvalue weighted by molar-refractivity contribution is 9.10. The largest absolute Gasteiger partial charge is 0.383 e. The Morgan fingerprint density at radius 2 is 2.31 bits per heavy atom. The van der Waals surface area contributed by atoms with Crippen LogP contribution in [-0.4, -0.2) is 35.8 Å². The quantitative estimate of drug-likeness (QED) is 0.924. The number of hydrogen-bond acceptors (Lipinski definition) is 3. The van der Waals surface area contributed by atoms with Crippen LogP contribution in [0.3, 0.4) is 0 Å². The van der Waals surface area contributed by atoms with Crippen LogP contribution in [0.15, 0.2) is 16.7 Å². The maximum atomic E-state index is 12.1. The third-order valence-electron chi connectivity index (χ3n) is 1.87. The summed E-state index contributed by atoms with van der Waals surface area (Å²) < 4.78 is 24.7. The van der Waals surface area contributed by atoms with E-state index in [9.17, 15) is 13.6 Å². The lowest BCUT2D eigenvalue weighted by Gasteiger charge is -2.17. The highest BCUT2D eigenvalue weighted by atomic mass is 79.9. The first kappa shape index (κ1) is 12.8. The first-order valence-corrected chi connectivity index (χ1v) is 5.15. The number of carbonyl (C=O) groups excluding carboxylic acids is 1. The number of nitrogen functional groups attached to an aromatic ring is 1. The van der Waals surface area contributed by atoms with Gasteiger partial charge in [0.1, 0.15) is 5.82 Å². The van der Waals surface area contributed by atoms with Crippen LogP contribution in [0, 0.1) is 0 Å². The first-order chi connectivity index (χ1) is 7.41. The van der Waals surface area contributed by atoms with E-state index in [-0.39, 0.29) is 11.4 Å². The second kappa shape index (κ2) is 5.20. The lowest BCUT2D eigenvalue weighted by Crippen LogP contribution is -2.32. The van der Waals surface area contributed by atoms with Gasteiger partial charge in [0.05, 0.1) is 12.1 Å². The van der Waals surface area contributed by atoms with Gasteiger partial charge in [0.25, 0.3) is 12.3 Å². The lowest BCUT2D eigenvalue weighted by atomic mass is 10.2. The van der Waals surface area contributed by atoms with Gasteiger partial charge in [0.2, 0.25) is 0 Å². The van der Waals surface area contributed by atoms with Crippen LogP contribution < -0.4 is 5.73 Å². The van der Waals surface area contributed by atoms with E-state index in [1.54, 1.807) is 0 Å². The molecule has 0 saturated heterocycles. The topological polar surface area (TPSA) is 59.2 Å². The van der Waals surface area contributed by atoms with Crippen molar-refractivity contribution in [2.45, 2.75) is 6.43 Å². The molecule has 1 rings (SSSR count). The molecule has 2 N–H and O–H groups in total. The van der Waals surface area contributed by atoms with Crippen LogP contribution in [0.25, 0.3) is 0 Å². The molecular weight excluding hydrogens is 284 g/mol. The maximum absolute atomic E-state index is 12.1. The Bertz CT molecular complexity index is 400. The number of alkyl halides is 2. The van der Waals surface area contributed by atoms with E-state index in [2.05, 4.69) is 20.9 Å². The molecule has 4 nitrogen and oxygen atoms in total. The molecule has 0 fully saturated rings. The zero-order chi connectivity index (χ0) is 12.3. The molecule has 0 aliphatic heterocycles. The number of hydrogen-bond donors (Lipinski definition) is 1. The molecule has 1 aromatic heterocycles. The summed E-state index contributed by atoms with van der Waals surface area (Å²) >= 11 is 3.13. The fourth-order valence-corrected chi connectivity index (χ4v) is 1.45. The second-order valence-electron chi connectivity index (χ2n) is 3.16. The SMILES string of the molecule is CN(CC(F)F)C(=O)c1cc(Br)cnc1N. The molecular formula is C9H10BrF2N3O. The number of pyridine rings is 1. The van der Waals surface area contributed by atoms with Gasteiger partial charge < -0.3 is 10.6 Å². The minimum atomic E-state index is -2.57. The summed E-state index contributed by atoms with van der Waals surface area (Å²) in [6.07, 6.45) is -1.14. The van der Waals surface area contributed by atoms with E-state index in [0.717, 1.165) is 4.90 Å². The molecule has 1 amide bonds. The average molecular weight is 294 g/mol. The highest BCUT2D eigenvalue weighted by Gasteiger charge is 2.18. The van der Waals surface area contributed by atoms with E-state index in [0.29, 0.717) is 4.47 Å². The zero-order valence-electron chi connectivity index (χ0n) is 8.45. The van der Waals surface area contributed by atoms with E-state index >= 15 is 0 Å². The number of carbonyl (C=O) groups is 1. The van der Waals surface area contributed by atoms with Gasteiger partial charge >= 0.3 is 0 Å². The monoisotopic (exact) mass is 293 g/mol. The molecule has 0 bridgehead atoms. The molecule has 88 valence electrons. The van der Waals surface area contributed by atoms with Crippen molar-refractivity contribution in [3.8, 4) is 0 Å². The molecule has 1 heterocycles. The van der Waals surface area contributed by atoms with Crippen LogP contribution in [0.2, 0.25) is 0 Å². The van der Waals surface area contributed by atoms with Crippen molar-refractivity contribution in [1.29, 1.82) is 0 Å². The van der Waals surface area contributed by atoms with Crippen molar-refractivity contribution >= 4 is 27.7 Å². The normalized spacial score (nSPS) is 10.6. The minimum absolute atomic E-state index is 0.0225. The fourth-order valence-electron chi connectivity index (χ4n) is 1.12. The molecule has 0 saturated carbocycles. The van der Waals surface area contributed by atoms with Crippen LogP contribution in [0.4, 0.5) is 14.6 Å². The molecule has 0 aliphatic carbocycles. The molecule has 7 heteroatoms. The molecule has 0 radical (unpaired) electrons. The van der Waals surface area contributed by atoms with Gasteiger partial charge in [0.15, 0.2) is 0 Å². The van der Waals surface area contributed by atoms with Crippen molar-refractivity contribution in [1.82, 2.24) is 9.88 Å². The van der Waals surface area contributed by atoms with E-state index in [4.69, 9.17) is 5.73 Å². The van der Waals surface area contributed by atoms with Gasteiger partial charge in [-0.25, -0.2) is 13.8 Å². The number of amides is 1. The summed E-state index contributed by atoms with van der Waals surface area (Å²) in [6, 6.07) is 1.45. The van der Waals surface area contributed by atoms with E-state index < -0.39 is 18.9 Å². The fraction of sp³-hybridized carbons (Fsp3) is 0.333. The smallest absolute Gasteiger partial charge is 0.257 e.